The number of carbonyl (C=O) groups excluding carboxylic acids is 1. The van der Waals surface area contributed by atoms with Crippen LogP contribution in [-0.2, 0) is 14.1 Å². The molecule has 19 heavy (non-hydrogen) atoms. The van der Waals surface area contributed by atoms with Crippen molar-refractivity contribution >= 4 is 14.2 Å². The van der Waals surface area contributed by atoms with Crippen molar-refractivity contribution in [2.45, 2.75) is 57.8 Å². The molecule has 1 unspecified atom stereocenters. The molecule has 0 aliphatic heterocycles. The molecule has 0 fully saturated rings. The molecule has 0 spiro atoms. The fourth-order valence-corrected chi connectivity index (χ4v) is 2.74. The number of carbonyl (C=O) groups is 1. The van der Waals surface area contributed by atoms with E-state index in [-0.39, 0.29) is 17.0 Å². The number of hydroxylamine groups is 2. The van der Waals surface area contributed by atoms with Crippen molar-refractivity contribution in [2.24, 2.45) is 0 Å². The normalized spacial score (nSPS) is 14.1. The third kappa shape index (κ3) is 5.89. The molecule has 0 aromatic carbocycles. The Bertz CT molecular complexity index is 310. The zero-order chi connectivity index (χ0) is 15.3. The van der Waals surface area contributed by atoms with E-state index in [0.717, 1.165) is 0 Å². The molecule has 0 bridgehead atoms. The Balaban J connectivity index is 4.75. The van der Waals surface area contributed by atoms with Crippen LogP contribution in [0, 0.1) is 0 Å². The first-order valence-corrected chi connectivity index (χ1v) is 9.55. The molecule has 0 aliphatic carbocycles. The molecule has 0 saturated heterocycles. The Morgan fingerprint density at radius 2 is 1.95 bits per heavy atom. The van der Waals surface area contributed by atoms with E-state index in [2.05, 4.69) is 40.4 Å². The molecular weight excluding hydrogens is 258 g/mol. The van der Waals surface area contributed by atoms with Crippen molar-refractivity contribution in [1.29, 1.82) is 0 Å². The summed E-state index contributed by atoms with van der Waals surface area (Å²) in [6.45, 7) is 14.7. The van der Waals surface area contributed by atoms with Crippen molar-refractivity contribution in [3.8, 4) is 0 Å². The molecule has 112 valence electrons. The molecule has 1 atom stereocenters. The van der Waals surface area contributed by atoms with Gasteiger partial charge in [-0.05, 0) is 24.6 Å². The van der Waals surface area contributed by atoms with Gasteiger partial charge in [0.15, 0.2) is 8.32 Å². The van der Waals surface area contributed by atoms with Gasteiger partial charge in [-0.2, -0.15) is 0 Å². The summed E-state index contributed by atoms with van der Waals surface area (Å²) in [5, 5.41) is 1.37. The van der Waals surface area contributed by atoms with Crippen molar-refractivity contribution < 1.29 is 14.1 Å². The van der Waals surface area contributed by atoms with Crippen molar-refractivity contribution in [1.82, 2.24) is 5.06 Å². The van der Waals surface area contributed by atoms with Gasteiger partial charge in [0, 0.05) is 7.05 Å². The monoisotopic (exact) mass is 287 g/mol. The minimum Gasteiger partial charge on any atom is -0.413 e. The van der Waals surface area contributed by atoms with Gasteiger partial charge in [-0.1, -0.05) is 26.8 Å². The zero-order valence-electron chi connectivity index (χ0n) is 13.4. The van der Waals surface area contributed by atoms with E-state index in [1.165, 1.54) is 12.2 Å². The first kappa shape index (κ1) is 18.3. The van der Waals surface area contributed by atoms with E-state index in [9.17, 15) is 4.79 Å². The number of hydrogen-bond acceptors (Lipinski definition) is 3. The minimum absolute atomic E-state index is 0.0759. The summed E-state index contributed by atoms with van der Waals surface area (Å²) < 4.78 is 6.27. The molecule has 0 rings (SSSR count). The van der Waals surface area contributed by atoms with E-state index in [4.69, 9.17) is 9.26 Å². The standard InChI is InChI=1S/C14H29NO3Si/c1-9-10-12(11-13(16)15(5)17-6)18-19(7,8)14(2,3)4/h9,12H,1,10-11H2,2-8H3. The van der Waals surface area contributed by atoms with Gasteiger partial charge in [0.2, 0.25) is 5.91 Å². The molecule has 0 aromatic heterocycles. The third-order valence-electron chi connectivity index (χ3n) is 3.72. The van der Waals surface area contributed by atoms with Gasteiger partial charge >= 0.3 is 0 Å². The number of hydrogen-bond donors (Lipinski definition) is 0. The van der Waals surface area contributed by atoms with Gasteiger partial charge in [0.05, 0.1) is 19.6 Å². The van der Waals surface area contributed by atoms with Gasteiger partial charge < -0.3 is 4.43 Å². The lowest BCUT2D eigenvalue weighted by Gasteiger charge is -2.39. The van der Waals surface area contributed by atoms with Gasteiger partial charge in [-0.3, -0.25) is 9.63 Å². The van der Waals surface area contributed by atoms with Gasteiger partial charge in [-0.15, -0.1) is 6.58 Å². The first-order valence-electron chi connectivity index (χ1n) is 6.64. The average molecular weight is 287 g/mol. The van der Waals surface area contributed by atoms with Crippen LogP contribution in [0.4, 0.5) is 0 Å². The Labute approximate surface area is 118 Å². The summed E-state index contributed by atoms with van der Waals surface area (Å²) in [6, 6.07) is 0. The lowest BCUT2D eigenvalue weighted by molar-refractivity contribution is -0.170. The first-order chi connectivity index (χ1) is 8.55. The topological polar surface area (TPSA) is 38.8 Å². The summed E-state index contributed by atoms with van der Waals surface area (Å²) in [5.74, 6) is -0.0759. The number of amides is 1. The molecule has 1 amide bonds. The largest absolute Gasteiger partial charge is 0.413 e. The summed E-state index contributed by atoms with van der Waals surface area (Å²) in [6.07, 6.45) is 2.68. The highest BCUT2D eigenvalue weighted by molar-refractivity contribution is 6.74. The molecular formula is C14H29NO3Si. The van der Waals surface area contributed by atoms with Crippen LogP contribution in [0.1, 0.15) is 33.6 Å². The summed E-state index contributed by atoms with van der Waals surface area (Å²) in [5.41, 5.74) is 0. The van der Waals surface area contributed by atoms with E-state index in [1.54, 1.807) is 13.1 Å². The summed E-state index contributed by atoms with van der Waals surface area (Å²) in [4.78, 5) is 16.8. The van der Waals surface area contributed by atoms with Crippen LogP contribution in [0.25, 0.3) is 0 Å². The third-order valence-corrected chi connectivity index (χ3v) is 8.26. The molecule has 0 saturated carbocycles. The number of rotatable bonds is 7. The summed E-state index contributed by atoms with van der Waals surface area (Å²) in [7, 11) is 1.22. The van der Waals surface area contributed by atoms with Crippen molar-refractivity contribution in [2.75, 3.05) is 14.2 Å². The molecule has 0 aliphatic rings. The average Bonchev–Trinajstić information content (AvgIpc) is 2.26. The van der Waals surface area contributed by atoms with Crippen molar-refractivity contribution in [3.63, 3.8) is 0 Å². The van der Waals surface area contributed by atoms with Gasteiger partial charge in [-0.25, -0.2) is 5.06 Å². The maximum absolute atomic E-state index is 11.9. The molecule has 4 nitrogen and oxygen atoms in total. The minimum atomic E-state index is -1.88. The van der Waals surface area contributed by atoms with E-state index >= 15 is 0 Å². The van der Waals surface area contributed by atoms with Crippen LogP contribution < -0.4 is 0 Å². The second kappa shape index (κ2) is 7.22. The molecule has 0 N–H and O–H groups in total. The Morgan fingerprint density at radius 1 is 1.42 bits per heavy atom. The van der Waals surface area contributed by atoms with Crippen LogP contribution in [0.5, 0.6) is 0 Å². The Kier molecular flexibility index (Phi) is 6.97. The smallest absolute Gasteiger partial charge is 0.248 e. The SMILES string of the molecule is C=CCC(CC(=O)N(C)OC)O[Si](C)(C)C(C)(C)C. The van der Waals surface area contributed by atoms with Crippen LogP contribution >= 0.6 is 0 Å². The fourth-order valence-electron chi connectivity index (χ4n) is 1.38. The second-order valence-electron chi connectivity index (χ2n) is 6.30. The maximum Gasteiger partial charge on any atom is 0.248 e. The van der Waals surface area contributed by atoms with Crippen LogP contribution in [-0.4, -0.2) is 39.5 Å². The highest BCUT2D eigenvalue weighted by Crippen LogP contribution is 2.38. The van der Waals surface area contributed by atoms with Crippen molar-refractivity contribution in [3.05, 3.63) is 12.7 Å². The summed E-state index contributed by atoms with van der Waals surface area (Å²) >= 11 is 0. The van der Waals surface area contributed by atoms with Crippen LogP contribution in [0.2, 0.25) is 18.1 Å². The predicted molar refractivity (Wildman–Crippen MR) is 81.3 cm³/mol. The van der Waals surface area contributed by atoms with E-state index in [0.29, 0.717) is 12.8 Å². The van der Waals surface area contributed by atoms with E-state index < -0.39 is 8.32 Å². The fraction of sp³-hybridized carbons (Fsp3) is 0.786. The Hall–Kier alpha value is -0.653. The van der Waals surface area contributed by atoms with Crippen LogP contribution in [0.15, 0.2) is 12.7 Å². The Morgan fingerprint density at radius 3 is 2.32 bits per heavy atom. The molecule has 0 heterocycles. The van der Waals surface area contributed by atoms with Gasteiger partial charge in [0.1, 0.15) is 0 Å². The molecule has 0 radical (unpaired) electrons. The lowest BCUT2D eigenvalue weighted by Crippen LogP contribution is -2.45. The van der Waals surface area contributed by atoms with E-state index in [1.807, 2.05) is 0 Å². The maximum atomic E-state index is 11.9. The van der Waals surface area contributed by atoms with Crippen LogP contribution in [0.3, 0.4) is 0 Å². The van der Waals surface area contributed by atoms with Gasteiger partial charge in [0.25, 0.3) is 0 Å². The second-order valence-corrected chi connectivity index (χ2v) is 11.1. The lowest BCUT2D eigenvalue weighted by atomic mass is 10.2. The highest BCUT2D eigenvalue weighted by Gasteiger charge is 2.39. The molecule has 5 heteroatoms. The zero-order valence-corrected chi connectivity index (χ0v) is 14.4. The predicted octanol–water partition coefficient (Wildman–Crippen LogP) is 3.36. The quantitative estimate of drug-likeness (QED) is 0.409. The highest BCUT2D eigenvalue weighted by atomic mass is 28.4. The molecule has 0 aromatic rings. The number of nitrogens with zero attached hydrogens (tertiary/aromatic N) is 1.